The number of likely N-dealkylation sites (N-methyl/N-ethyl adjacent to an activating group) is 1. The van der Waals surface area contributed by atoms with Crippen LogP contribution in [0.3, 0.4) is 0 Å². The first-order valence-electron chi connectivity index (χ1n) is 13.9. The topological polar surface area (TPSA) is 134 Å². The maximum Gasteiger partial charge on any atom is 0.320 e. The molecule has 1 atom stereocenters. The zero-order valence-electron chi connectivity index (χ0n) is 23.0. The summed E-state index contributed by atoms with van der Waals surface area (Å²) >= 11 is 0. The Morgan fingerprint density at radius 1 is 1.05 bits per heavy atom. The third kappa shape index (κ3) is 6.63. The first-order valence-corrected chi connectivity index (χ1v) is 13.9. The molecule has 1 saturated heterocycles. The molecule has 11 nitrogen and oxygen atoms in total. The lowest BCUT2D eigenvalue weighted by Crippen LogP contribution is -2.54. The number of anilines is 1. The summed E-state index contributed by atoms with van der Waals surface area (Å²) in [4.78, 5) is 65.1. The minimum atomic E-state index is -0.992. The number of hydrogen-bond acceptors (Lipinski definition) is 9. The molecular weight excluding hydrogens is 528 g/mol. The fourth-order valence-electron chi connectivity index (χ4n) is 5.34. The van der Waals surface area contributed by atoms with Crippen molar-refractivity contribution in [2.45, 2.75) is 56.9 Å². The molecule has 0 spiro atoms. The zero-order valence-corrected chi connectivity index (χ0v) is 23.0. The van der Waals surface area contributed by atoms with Crippen LogP contribution < -0.4 is 10.6 Å². The maximum absolute atomic E-state index is 13.2. The zero-order chi connectivity index (χ0) is 28.9. The highest BCUT2D eigenvalue weighted by molar-refractivity contribution is 6.25. The Morgan fingerprint density at radius 3 is 2.59 bits per heavy atom. The number of nitrogens with zero attached hydrogens (tertiary/aromatic N) is 2. The molecule has 2 heterocycles. The van der Waals surface area contributed by atoms with Crippen molar-refractivity contribution in [1.82, 2.24) is 15.1 Å². The number of rotatable bonds is 12. The highest BCUT2D eigenvalue weighted by Gasteiger charge is 2.46. The van der Waals surface area contributed by atoms with Gasteiger partial charge >= 0.3 is 5.97 Å². The smallest absolute Gasteiger partial charge is 0.320 e. The fraction of sp³-hybridized carbons (Fsp3) is 0.433. The van der Waals surface area contributed by atoms with Crippen molar-refractivity contribution < 1.29 is 33.4 Å². The van der Waals surface area contributed by atoms with Gasteiger partial charge < -0.3 is 14.8 Å². The van der Waals surface area contributed by atoms with Crippen molar-refractivity contribution in [2.24, 2.45) is 0 Å². The number of imide groups is 2. The Hall–Kier alpha value is -4.09. The second kappa shape index (κ2) is 12.6. The number of benzene rings is 2. The van der Waals surface area contributed by atoms with Gasteiger partial charge in [0.15, 0.2) is 0 Å². The number of carbonyl (C=O) groups is 5. The molecule has 41 heavy (non-hydrogen) atoms. The molecule has 2 N–H and O–H groups in total. The largest absolute Gasteiger partial charge is 0.460 e. The van der Waals surface area contributed by atoms with Crippen molar-refractivity contribution in [3.63, 3.8) is 0 Å². The van der Waals surface area contributed by atoms with Gasteiger partial charge in [-0.3, -0.25) is 39.1 Å². The van der Waals surface area contributed by atoms with E-state index in [0.29, 0.717) is 18.8 Å². The first kappa shape index (κ1) is 28.4. The van der Waals surface area contributed by atoms with E-state index in [2.05, 4.69) is 10.6 Å². The molecule has 0 radical (unpaired) electrons. The second-order valence-corrected chi connectivity index (χ2v) is 10.7. The Kier molecular flexibility index (Phi) is 8.75. The van der Waals surface area contributed by atoms with Gasteiger partial charge in [-0.25, -0.2) is 0 Å². The summed E-state index contributed by atoms with van der Waals surface area (Å²) in [5.41, 5.74) is 2.03. The van der Waals surface area contributed by atoms with Crippen molar-refractivity contribution >= 4 is 35.3 Å². The van der Waals surface area contributed by atoms with E-state index in [1.165, 1.54) is 0 Å². The van der Waals surface area contributed by atoms with E-state index < -0.39 is 29.7 Å². The lowest BCUT2D eigenvalue weighted by atomic mass is 9.88. The molecule has 3 aliphatic rings. The number of esters is 1. The van der Waals surface area contributed by atoms with E-state index in [-0.39, 0.29) is 55.2 Å². The molecule has 2 aliphatic heterocycles. The van der Waals surface area contributed by atoms with Gasteiger partial charge in [-0.05, 0) is 50.4 Å². The molecule has 2 fully saturated rings. The van der Waals surface area contributed by atoms with Gasteiger partial charge in [0.2, 0.25) is 11.8 Å². The van der Waals surface area contributed by atoms with Gasteiger partial charge in [-0.15, -0.1) is 0 Å². The summed E-state index contributed by atoms with van der Waals surface area (Å²) < 4.78 is 11.3. The number of nitrogens with one attached hydrogen (secondary N) is 2. The second-order valence-electron chi connectivity index (χ2n) is 10.7. The van der Waals surface area contributed by atoms with E-state index in [0.717, 1.165) is 29.7 Å². The van der Waals surface area contributed by atoms with Crippen LogP contribution in [0.25, 0.3) is 0 Å². The van der Waals surface area contributed by atoms with Crippen LogP contribution in [0.2, 0.25) is 0 Å². The van der Waals surface area contributed by atoms with Gasteiger partial charge in [0.05, 0.1) is 23.8 Å². The van der Waals surface area contributed by atoms with Crippen LogP contribution in [-0.4, -0.2) is 84.3 Å². The summed E-state index contributed by atoms with van der Waals surface area (Å²) in [6, 6.07) is 13.7. The van der Waals surface area contributed by atoms with Crippen LogP contribution in [0.15, 0.2) is 48.5 Å². The quantitative estimate of drug-likeness (QED) is 0.227. The van der Waals surface area contributed by atoms with Crippen LogP contribution in [0, 0.1) is 0 Å². The molecule has 2 aromatic rings. The third-order valence-corrected chi connectivity index (χ3v) is 7.60. The van der Waals surface area contributed by atoms with E-state index in [4.69, 9.17) is 9.47 Å². The van der Waals surface area contributed by atoms with Crippen molar-refractivity contribution in [3.05, 3.63) is 65.2 Å². The molecule has 11 heteroatoms. The van der Waals surface area contributed by atoms with E-state index >= 15 is 0 Å². The molecule has 4 amide bonds. The Labute approximate surface area is 238 Å². The molecule has 5 rings (SSSR count). The van der Waals surface area contributed by atoms with Crippen LogP contribution >= 0.6 is 0 Å². The number of piperidine rings is 1. The Morgan fingerprint density at radius 2 is 1.83 bits per heavy atom. The average Bonchev–Trinajstić information content (AvgIpc) is 3.19. The summed E-state index contributed by atoms with van der Waals surface area (Å²) in [7, 11) is 1.87. The summed E-state index contributed by atoms with van der Waals surface area (Å²) in [6.45, 7) is 1.74. The van der Waals surface area contributed by atoms with Gasteiger partial charge in [0.25, 0.3) is 11.8 Å². The first-order chi connectivity index (χ1) is 19.8. The predicted molar refractivity (Wildman–Crippen MR) is 148 cm³/mol. The predicted octanol–water partition coefficient (Wildman–Crippen LogP) is 2.11. The number of amides is 4. The Balaban J connectivity index is 1.02. The van der Waals surface area contributed by atoms with Crippen LogP contribution in [0.5, 0.6) is 0 Å². The molecule has 0 bridgehead atoms. The Bertz CT molecular complexity index is 1330. The molecule has 216 valence electrons. The molecule has 2 aromatic carbocycles. The minimum Gasteiger partial charge on any atom is -0.460 e. The van der Waals surface area contributed by atoms with Crippen LogP contribution in [-0.2, 0) is 30.5 Å². The minimum absolute atomic E-state index is 0.0793. The van der Waals surface area contributed by atoms with Gasteiger partial charge in [-0.1, -0.05) is 36.4 Å². The number of ether oxygens (including phenoxy) is 2. The standard InChI is InChI=1S/C30H34N4O7/c1-33(17-26(36)41-18-19-7-3-2-4-8-19)13-6-14-40-21-15-20(16-21)31-23-10-5-9-22-27(23)30(39)34(29(22)38)24-11-12-25(35)32-28(24)37/h2-5,7-10,20-21,24,31H,6,11-18H2,1H3,(H,32,35,37)/t20-,21-,24?. The lowest BCUT2D eigenvalue weighted by Gasteiger charge is -2.36. The lowest BCUT2D eigenvalue weighted by molar-refractivity contribution is -0.146. The molecule has 1 unspecified atom stereocenters. The van der Waals surface area contributed by atoms with Crippen molar-refractivity contribution in [2.75, 3.05) is 32.1 Å². The normalized spacial score (nSPS) is 21.9. The van der Waals surface area contributed by atoms with Gasteiger partial charge in [-0.2, -0.15) is 0 Å². The van der Waals surface area contributed by atoms with Crippen LogP contribution in [0.4, 0.5) is 5.69 Å². The van der Waals surface area contributed by atoms with E-state index in [1.807, 2.05) is 42.3 Å². The monoisotopic (exact) mass is 562 g/mol. The summed E-state index contributed by atoms with van der Waals surface area (Å²) in [6.07, 6.45) is 2.57. The molecule has 1 aliphatic carbocycles. The number of fused-ring (bicyclic) bond motifs is 1. The summed E-state index contributed by atoms with van der Waals surface area (Å²) in [5, 5.41) is 5.57. The van der Waals surface area contributed by atoms with Crippen molar-refractivity contribution in [1.29, 1.82) is 0 Å². The van der Waals surface area contributed by atoms with Gasteiger partial charge in [0.1, 0.15) is 12.6 Å². The van der Waals surface area contributed by atoms with E-state index in [9.17, 15) is 24.0 Å². The molecular formula is C30H34N4O7. The fourth-order valence-corrected chi connectivity index (χ4v) is 5.34. The molecule has 1 saturated carbocycles. The van der Waals surface area contributed by atoms with Crippen molar-refractivity contribution in [3.8, 4) is 0 Å². The highest BCUT2D eigenvalue weighted by atomic mass is 16.5. The molecule has 0 aromatic heterocycles. The summed E-state index contributed by atoms with van der Waals surface area (Å²) in [5.74, 6) is -2.34. The van der Waals surface area contributed by atoms with Crippen LogP contribution in [0.1, 0.15) is 58.4 Å². The number of carbonyl (C=O) groups excluding carboxylic acids is 5. The number of hydrogen-bond donors (Lipinski definition) is 2. The third-order valence-electron chi connectivity index (χ3n) is 7.60. The highest BCUT2D eigenvalue weighted by Crippen LogP contribution is 2.35. The maximum atomic E-state index is 13.2. The SMILES string of the molecule is CN(CCCO[C@H]1C[C@H](Nc2cccc3c2C(=O)N(C2CCC(=O)NC2=O)C3=O)C1)CC(=O)OCc1ccccc1. The average molecular weight is 563 g/mol. The van der Waals surface area contributed by atoms with E-state index in [1.54, 1.807) is 18.2 Å². The van der Waals surface area contributed by atoms with Gasteiger partial charge in [0, 0.05) is 31.3 Å².